The molecule has 0 aliphatic carbocycles. The molecule has 0 spiro atoms. The van der Waals surface area contributed by atoms with Crippen LogP contribution in [0.2, 0.25) is 0 Å². The van der Waals surface area contributed by atoms with Gasteiger partial charge in [-0.1, -0.05) is 106 Å². The molecule has 0 saturated carbocycles. The fourth-order valence-electron chi connectivity index (χ4n) is 17.2. The van der Waals surface area contributed by atoms with Crippen molar-refractivity contribution in [2.45, 2.75) is 151 Å². The van der Waals surface area contributed by atoms with Crippen LogP contribution in [-0.4, -0.2) is 143 Å². The molecule has 1 unspecified atom stereocenters. The number of hydrogen-bond donors (Lipinski definition) is 3. The number of aryl methyl sites for hydroxylation is 2. The third-order valence-corrected chi connectivity index (χ3v) is 24.9. The van der Waals surface area contributed by atoms with Crippen LogP contribution in [-0.2, 0) is 82.3 Å². The SMILES string of the molecule is C.C.C.COc1cc2c(cc1OCc1cc(COc3cc4c(cc3C)C(=O)N3c5ccccc5C[C@H]3C=N4)cc(OCCCCC(=O)NCCS(C)=S)c1)N=C[C@@H]1Cc3ccccc3N1C2=O.COc1cc2c(cc1OCc1cc(COc3cc4c(cc3C)C(=O)N3c5ccccc5C[C@H]3C=N4)cc(OCCCCC(=O)NCCS)c1)N=C[C@@H]1Cc3ccccc3N1C2=O. The number of unbranched alkanes of at least 4 members (excludes halogenated alkanes) is 2. The summed E-state index contributed by atoms with van der Waals surface area (Å²) in [5, 5.41) is 5.79. The van der Waals surface area contributed by atoms with Crippen molar-refractivity contribution in [2.24, 2.45) is 20.0 Å². The van der Waals surface area contributed by atoms with Gasteiger partial charge in [0.25, 0.3) is 23.6 Å². The van der Waals surface area contributed by atoms with E-state index in [-0.39, 0.29) is 118 Å². The summed E-state index contributed by atoms with van der Waals surface area (Å²) < 4.78 is 49.8. The van der Waals surface area contributed by atoms with E-state index in [1.165, 1.54) is 0 Å². The van der Waals surface area contributed by atoms with Crippen LogP contribution in [0.15, 0.2) is 202 Å². The summed E-state index contributed by atoms with van der Waals surface area (Å²) in [5.41, 5.74) is 17.2. The van der Waals surface area contributed by atoms with E-state index in [1.54, 1.807) is 48.3 Å². The van der Waals surface area contributed by atoms with Crippen molar-refractivity contribution < 1.29 is 66.7 Å². The van der Waals surface area contributed by atoms with Crippen molar-refractivity contribution in [3.8, 4) is 46.0 Å². The van der Waals surface area contributed by atoms with E-state index < -0.39 is 0 Å². The predicted molar refractivity (Wildman–Crippen MR) is 518 cm³/mol. The van der Waals surface area contributed by atoms with E-state index in [0.29, 0.717) is 174 Å². The molecule has 6 amide bonds. The summed E-state index contributed by atoms with van der Waals surface area (Å²) in [7, 11) is 2.97. The molecule has 8 aliphatic heterocycles. The average Bonchev–Trinajstić information content (AvgIpc) is 1.63. The Hall–Kier alpha value is -13.0. The smallest absolute Gasteiger partial charge is 0.261 e. The van der Waals surface area contributed by atoms with E-state index in [0.717, 1.165) is 97.0 Å². The summed E-state index contributed by atoms with van der Waals surface area (Å²) in [6.45, 7) is 6.53. The van der Waals surface area contributed by atoms with Crippen LogP contribution in [0, 0.1) is 13.8 Å². The number of aliphatic imine (C=N–C) groups is 4. The maximum absolute atomic E-state index is 14.0. The number of fused-ring (bicyclic) bond motifs is 16. The van der Waals surface area contributed by atoms with E-state index in [2.05, 4.69) is 35.4 Å². The van der Waals surface area contributed by atoms with Crippen LogP contribution >= 0.6 is 12.6 Å². The predicted octanol–water partition coefficient (Wildman–Crippen LogP) is 18.4. The lowest BCUT2D eigenvalue weighted by Crippen LogP contribution is -2.37. The van der Waals surface area contributed by atoms with Crippen molar-refractivity contribution in [1.29, 1.82) is 0 Å². The molecule has 129 heavy (non-hydrogen) atoms. The lowest BCUT2D eigenvalue weighted by Gasteiger charge is -2.22. The van der Waals surface area contributed by atoms with Crippen LogP contribution in [0.3, 0.4) is 0 Å². The van der Waals surface area contributed by atoms with Gasteiger partial charge in [-0.25, -0.2) is 0 Å². The minimum absolute atomic E-state index is 0. The Bertz CT molecular complexity index is 6090. The fraction of sp³-hybridized carbons (Fsp3) is 0.314. The quantitative estimate of drug-likeness (QED) is 0.0269. The molecule has 5 atom stereocenters. The van der Waals surface area contributed by atoms with E-state index in [1.807, 2.05) is 200 Å². The molecular formula is C102H108N10O14S3. The highest BCUT2D eigenvalue weighted by atomic mass is 32.8. The van der Waals surface area contributed by atoms with E-state index in [4.69, 9.17) is 69.1 Å². The van der Waals surface area contributed by atoms with Crippen LogP contribution < -0.4 is 68.1 Å². The number of carbonyl (C=O) groups excluding carboxylic acids is 6. The molecule has 0 bridgehead atoms. The number of ether oxygens (including phenoxy) is 8. The van der Waals surface area contributed by atoms with Gasteiger partial charge in [0.1, 0.15) is 49.4 Å². The highest BCUT2D eigenvalue weighted by Crippen LogP contribution is 2.46. The lowest BCUT2D eigenvalue weighted by atomic mass is 10.1. The monoisotopic (exact) mass is 1790 g/mol. The summed E-state index contributed by atoms with van der Waals surface area (Å²) in [4.78, 5) is 107. The second-order valence-electron chi connectivity index (χ2n) is 32.2. The minimum atomic E-state index is -0.180. The standard InChI is InChI=1S/C50H49N5O7S2.C49H47N5O7S.3CH4/c1-31-18-39-41(52-27-36-22-34-10-4-6-12-43(34)54(36)49(39)57)25-45(31)61-29-32-19-33(21-38(20-32)60-16-9-8-14-48(56)51-15-17-64(3)63)30-62-47-26-42-40(24-46(47)59-2)50(58)55-37(28-53-42)23-35-11-5-7-13-44(35)55;1-30-17-38-40(51-26-35-21-33-9-3-5-11-42(33)53(35)48(38)56)24-44(30)60-28-31-18-32(20-37(19-31)59-15-8-7-13-47(55)50-14-16-62)29-61-46-25-41-39(23-45(46)58-2)49(57)54-36(27-52-41)22-34-10-4-6-12-43(34)54;;;/h4-7,10-13,18-21,24-28,36-37H,8-9,14-17,22-23,29-30H2,1-3H3,(H,51,56);3-6,9-12,17-20,23-27,35-36,62H,7-8,13-16,21-22,28-29H2,1-2H3,(H,50,55);3*1H4/t36-,37-,64?;35-,36-;;;/m00.../s1. The molecule has 2 N–H and O–H groups in total. The van der Waals surface area contributed by atoms with Gasteiger partial charge in [0.15, 0.2) is 23.0 Å². The van der Waals surface area contributed by atoms with Gasteiger partial charge in [0.05, 0.1) is 96.6 Å². The molecule has 668 valence electrons. The topological polar surface area (TPSA) is 263 Å². The number of amides is 6. The van der Waals surface area contributed by atoms with Gasteiger partial charge in [-0.2, -0.15) is 12.6 Å². The van der Waals surface area contributed by atoms with Crippen LogP contribution in [0.25, 0.3) is 0 Å². The van der Waals surface area contributed by atoms with E-state index >= 15 is 0 Å². The maximum atomic E-state index is 14.0. The highest BCUT2D eigenvalue weighted by molar-refractivity contribution is 8.28. The Morgan fingerprint density at radius 2 is 0.705 bits per heavy atom. The minimum Gasteiger partial charge on any atom is -0.494 e. The Kier molecular flexibility index (Phi) is 29.6. The zero-order valence-electron chi connectivity index (χ0n) is 70.6. The summed E-state index contributed by atoms with van der Waals surface area (Å²) in [5.74, 6) is 5.17. The maximum Gasteiger partial charge on any atom is 0.261 e. The molecular weight excluding hydrogens is 1690 g/mol. The molecule has 0 fully saturated rings. The first-order chi connectivity index (χ1) is 61.4. The van der Waals surface area contributed by atoms with Gasteiger partial charge in [-0.15, -0.1) is 9.45 Å². The lowest BCUT2D eigenvalue weighted by molar-refractivity contribution is -0.121. The van der Waals surface area contributed by atoms with Crippen molar-refractivity contribution in [2.75, 3.05) is 77.9 Å². The number of nitrogens with one attached hydrogen (secondary N) is 2. The molecule has 0 radical (unpaired) electrons. The Labute approximate surface area is 766 Å². The molecule has 8 aliphatic rings. The van der Waals surface area contributed by atoms with Gasteiger partial charge >= 0.3 is 0 Å². The Morgan fingerprint density at radius 1 is 0.403 bits per heavy atom. The molecule has 18 rings (SSSR count). The number of nitrogens with zero attached hydrogens (tertiary/aromatic N) is 8. The van der Waals surface area contributed by atoms with Crippen LogP contribution in [0.5, 0.6) is 46.0 Å². The number of methoxy groups -OCH3 is 2. The average molecular weight is 1790 g/mol. The number of benzene rings is 10. The van der Waals surface area contributed by atoms with Crippen LogP contribution in [0.1, 0.15) is 158 Å². The van der Waals surface area contributed by atoms with Gasteiger partial charge in [0, 0.05) is 135 Å². The molecule has 24 nitrogen and oxygen atoms in total. The second kappa shape index (κ2) is 41.4. The number of carbonyl (C=O) groups is 6. The van der Waals surface area contributed by atoms with Crippen molar-refractivity contribution >= 4 is 139 Å². The van der Waals surface area contributed by atoms with Gasteiger partial charge in [0.2, 0.25) is 11.8 Å². The zero-order valence-corrected chi connectivity index (χ0v) is 73.2. The van der Waals surface area contributed by atoms with Gasteiger partial charge in [-0.05, 0) is 186 Å². The largest absolute Gasteiger partial charge is 0.494 e. The van der Waals surface area contributed by atoms with Crippen LogP contribution in [0.4, 0.5) is 45.5 Å². The number of rotatable bonds is 31. The summed E-state index contributed by atoms with van der Waals surface area (Å²) >= 11 is 9.38. The molecule has 10 aromatic carbocycles. The number of para-hydroxylation sites is 4. The molecule has 8 heterocycles. The molecule has 0 saturated heterocycles. The van der Waals surface area contributed by atoms with Crippen molar-refractivity contribution in [3.63, 3.8) is 0 Å². The highest BCUT2D eigenvalue weighted by Gasteiger charge is 2.41. The zero-order chi connectivity index (χ0) is 87.1. The fourth-order valence-corrected chi connectivity index (χ4v) is 18.0. The molecule has 10 aromatic rings. The third-order valence-electron chi connectivity index (χ3n) is 23.4. The normalized spacial score (nSPS) is 16.4. The van der Waals surface area contributed by atoms with Gasteiger partial charge in [-0.3, -0.25) is 68.3 Å². The first-order valence-electron chi connectivity index (χ1n) is 42.4. The molecule has 0 aromatic heterocycles. The Morgan fingerprint density at radius 3 is 1.02 bits per heavy atom. The summed E-state index contributed by atoms with van der Waals surface area (Å²) in [6, 6.07) is 57.3. The number of thiol groups is 1. The second-order valence-corrected chi connectivity index (χ2v) is 35.9. The third kappa shape index (κ3) is 20.3. The number of hydrogen-bond acceptors (Lipinski definition) is 20. The van der Waals surface area contributed by atoms with Crippen molar-refractivity contribution in [3.05, 3.63) is 260 Å². The molecule has 27 heteroatoms. The number of anilines is 4. The first kappa shape index (κ1) is 92.2. The summed E-state index contributed by atoms with van der Waals surface area (Å²) in [6.07, 6.45) is 15.8. The van der Waals surface area contributed by atoms with Crippen molar-refractivity contribution in [1.82, 2.24) is 10.6 Å². The van der Waals surface area contributed by atoms with E-state index in [9.17, 15) is 28.8 Å². The first-order valence-corrected chi connectivity index (χ1v) is 45.8. The van der Waals surface area contributed by atoms with Gasteiger partial charge < -0.3 is 48.5 Å². The Balaban J connectivity index is 0.000000204.